The van der Waals surface area contributed by atoms with Gasteiger partial charge in [-0.1, -0.05) is 12.1 Å². The van der Waals surface area contributed by atoms with Crippen LogP contribution in [0, 0.1) is 0 Å². The predicted octanol–water partition coefficient (Wildman–Crippen LogP) is 1.57. The highest BCUT2D eigenvalue weighted by Gasteiger charge is 2.36. The Kier molecular flexibility index (Phi) is 7.11. The first kappa shape index (κ1) is 22.1. The van der Waals surface area contributed by atoms with E-state index in [1.807, 2.05) is 24.3 Å². The van der Waals surface area contributed by atoms with Crippen LogP contribution < -0.4 is 10.1 Å². The highest BCUT2D eigenvalue weighted by Crippen LogP contribution is 2.34. The number of H-pyrrole nitrogens is 1. The maximum atomic E-state index is 13.2. The third-order valence-electron chi connectivity index (χ3n) is 5.24. The molecule has 2 amide bonds. The Balaban J connectivity index is 1.86. The first-order chi connectivity index (χ1) is 15.0. The van der Waals surface area contributed by atoms with Gasteiger partial charge >= 0.3 is 18.0 Å². The molecule has 2 aromatic rings. The van der Waals surface area contributed by atoms with Crippen molar-refractivity contribution in [2.75, 3.05) is 27.9 Å². The summed E-state index contributed by atoms with van der Waals surface area (Å²) in [4.78, 5) is 46.1. The van der Waals surface area contributed by atoms with Gasteiger partial charge in [0.25, 0.3) is 0 Å². The average molecular weight is 430 g/mol. The summed E-state index contributed by atoms with van der Waals surface area (Å²) in [6, 6.07) is 5.51. The number of carbonyl (C=O) groups excluding carboxylic acids is 3. The predicted molar refractivity (Wildman–Crippen MR) is 109 cm³/mol. The van der Waals surface area contributed by atoms with Crippen LogP contribution in [0.3, 0.4) is 0 Å². The number of nitrogens with zero attached hydrogens (tertiary/aromatic N) is 2. The summed E-state index contributed by atoms with van der Waals surface area (Å²) in [5.41, 5.74) is 2.51. The van der Waals surface area contributed by atoms with E-state index >= 15 is 0 Å². The Morgan fingerprint density at radius 2 is 2.06 bits per heavy atom. The highest BCUT2D eigenvalue weighted by atomic mass is 16.5. The molecular formula is C21H26N4O6. The zero-order valence-corrected chi connectivity index (χ0v) is 17.7. The smallest absolute Gasteiger partial charge is 0.328 e. The number of methoxy groups -OCH3 is 3. The van der Waals surface area contributed by atoms with Gasteiger partial charge in [-0.25, -0.2) is 14.6 Å². The maximum absolute atomic E-state index is 13.2. The van der Waals surface area contributed by atoms with Crippen molar-refractivity contribution in [1.29, 1.82) is 0 Å². The molecule has 1 aliphatic rings. The van der Waals surface area contributed by atoms with Crippen molar-refractivity contribution in [2.24, 2.45) is 0 Å². The SMILES string of the molecule is COC(=O)CC[C@@H](NC(=O)N1CCc2[nH]cnc2[C@@H]1c1cccc(OC)c1)C(=O)OC. The van der Waals surface area contributed by atoms with Crippen LogP contribution in [-0.2, 0) is 25.5 Å². The molecular weight excluding hydrogens is 404 g/mol. The number of imidazole rings is 1. The number of carbonyl (C=O) groups is 3. The first-order valence-electron chi connectivity index (χ1n) is 9.86. The highest BCUT2D eigenvalue weighted by molar-refractivity contribution is 5.84. The number of esters is 2. The van der Waals surface area contributed by atoms with Crippen molar-refractivity contribution in [3.63, 3.8) is 0 Å². The Hall–Kier alpha value is -3.56. The number of nitrogens with one attached hydrogen (secondary N) is 2. The summed E-state index contributed by atoms with van der Waals surface area (Å²) in [5, 5.41) is 2.70. The minimum Gasteiger partial charge on any atom is -0.497 e. The number of hydrogen-bond donors (Lipinski definition) is 2. The molecule has 2 atom stereocenters. The first-order valence-corrected chi connectivity index (χ1v) is 9.86. The van der Waals surface area contributed by atoms with Gasteiger partial charge in [0.2, 0.25) is 0 Å². The van der Waals surface area contributed by atoms with Gasteiger partial charge in [-0.05, 0) is 24.1 Å². The Morgan fingerprint density at radius 1 is 1.26 bits per heavy atom. The number of benzene rings is 1. The third kappa shape index (κ3) is 4.96. The lowest BCUT2D eigenvalue weighted by Crippen LogP contribution is -2.51. The van der Waals surface area contributed by atoms with E-state index in [0.717, 1.165) is 17.0 Å². The number of aromatic nitrogens is 2. The molecule has 10 heteroatoms. The number of aromatic amines is 1. The van der Waals surface area contributed by atoms with E-state index in [9.17, 15) is 14.4 Å². The largest absolute Gasteiger partial charge is 0.497 e. The summed E-state index contributed by atoms with van der Waals surface area (Å²) < 4.78 is 14.8. The second kappa shape index (κ2) is 9.96. The minimum absolute atomic E-state index is 0.0284. The Bertz CT molecular complexity index is 943. The molecule has 166 valence electrons. The van der Waals surface area contributed by atoms with E-state index in [0.29, 0.717) is 18.7 Å². The zero-order valence-electron chi connectivity index (χ0n) is 17.7. The normalized spacial score (nSPS) is 16.1. The van der Waals surface area contributed by atoms with Gasteiger partial charge in [0.1, 0.15) is 17.8 Å². The maximum Gasteiger partial charge on any atom is 0.328 e. The number of fused-ring (bicyclic) bond motifs is 1. The molecule has 0 unspecified atom stereocenters. The van der Waals surface area contributed by atoms with Crippen LogP contribution in [0.1, 0.15) is 35.8 Å². The summed E-state index contributed by atoms with van der Waals surface area (Å²) in [7, 11) is 4.07. The summed E-state index contributed by atoms with van der Waals surface area (Å²) >= 11 is 0. The van der Waals surface area contributed by atoms with Gasteiger partial charge in [0.05, 0.1) is 33.4 Å². The van der Waals surface area contributed by atoms with Crippen molar-refractivity contribution in [2.45, 2.75) is 31.3 Å². The molecule has 10 nitrogen and oxygen atoms in total. The summed E-state index contributed by atoms with van der Waals surface area (Å²) in [6.07, 6.45) is 2.23. The molecule has 0 aliphatic carbocycles. The zero-order chi connectivity index (χ0) is 22.4. The molecule has 2 N–H and O–H groups in total. The lowest BCUT2D eigenvalue weighted by Gasteiger charge is -2.36. The van der Waals surface area contributed by atoms with E-state index in [2.05, 4.69) is 20.0 Å². The molecule has 0 saturated heterocycles. The standard InChI is InChI=1S/C21H26N4O6/c1-29-14-6-4-5-13(11-14)19-18-15(22-12-23-18)9-10-25(19)21(28)24-16(20(27)31-3)7-8-17(26)30-2/h4-6,11-12,16,19H,7-10H2,1-3H3,(H,22,23)(H,24,28)/t16-,19+/m1/s1. The molecule has 0 bridgehead atoms. The lowest BCUT2D eigenvalue weighted by molar-refractivity contribution is -0.144. The topological polar surface area (TPSA) is 123 Å². The van der Waals surface area contributed by atoms with Crippen molar-refractivity contribution >= 4 is 18.0 Å². The van der Waals surface area contributed by atoms with Gasteiger partial charge in [-0.2, -0.15) is 0 Å². The van der Waals surface area contributed by atoms with Crippen molar-refractivity contribution in [1.82, 2.24) is 20.2 Å². The Labute approximate surface area is 179 Å². The fraction of sp³-hybridized carbons (Fsp3) is 0.429. The Morgan fingerprint density at radius 3 is 2.77 bits per heavy atom. The quantitative estimate of drug-likeness (QED) is 0.639. The molecule has 0 saturated carbocycles. The van der Waals surface area contributed by atoms with Crippen LogP contribution in [0.2, 0.25) is 0 Å². The van der Waals surface area contributed by atoms with E-state index in [4.69, 9.17) is 9.47 Å². The molecule has 2 heterocycles. The van der Waals surface area contributed by atoms with Crippen molar-refractivity contribution in [3.8, 4) is 5.75 Å². The van der Waals surface area contributed by atoms with Crippen LogP contribution in [0.5, 0.6) is 5.75 Å². The van der Waals surface area contributed by atoms with Crippen LogP contribution >= 0.6 is 0 Å². The summed E-state index contributed by atoms with van der Waals surface area (Å²) in [5.74, 6) is -0.449. The van der Waals surface area contributed by atoms with Gasteiger partial charge in [0, 0.05) is 25.1 Å². The molecule has 1 aliphatic heterocycles. The van der Waals surface area contributed by atoms with E-state index in [-0.39, 0.29) is 12.8 Å². The van der Waals surface area contributed by atoms with E-state index in [1.165, 1.54) is 14.2 Å². The van der Waals surface area contributed by atoms with Crippen molar-refractivity contribution in [3.05, 3.63) is 47.5 Å². The van der Waals surface area contributed by atoms with E-state index in [1.54, 1.807) is 18.3 Å². The number of rotatable bonds is 7. The number of urea groups is 1. The van der Waals surface area contributed by atoms with Crippen LogP contribution in [-0.4, -0.2) is 66.8 Å². The number of amides is 2. The van der Waals surface area contributed by atoms with Gasteiger partial charge in [0.15, 0.2) is 0 Å². The average Bonchev–Trinajstić information content (AvgIpc) is 3.29. The van der Waals surface area contributed by atoms with Crippen LogP contribution in [0.25, 0.3) is 0 Å². The molecule has 3 rings (SSSR count). The number of hydrogen-bond acceptors (Lipinski definition) is 7. The monoisotopic (exact) mass is 430 g/mol. The van der Waals surface area contributed by atoms with Gasteiger partial charge in [-0.15, -0.1) is 0 Å². The molecule has 1 aromatic heterocycles. The van der Waals surface area contributed by atoms with Crippen LogP contribution in [0.4, 0.5) is 4.79 Å². The second-order valence-corrected chi connectivity index (χ2v) is 7.03. The fourth-order valence-electron chi connectivity index (χ4n) is 3.63. The molecule has 0 spiro atoms. The lowest BCUT2D eigenvalue weighted by atomic mass is 9.95. The second-order valence-electron chi connectivity index (χ2n) is 7.03. The molecule has 0 fully saturated rings. The number of ether oxygens (including phenoxy) is 3. The fourth-order valence-corrected chi connectivity index (χ4v) is 3.63. The molecule has 0 radical (unpaired) electrons. The minimum atomic E-state index is -0.983. The molecule has 1 aromatic carbocycles. The van der Waals surface area contributed by atoms with Gasteiger partial charge < -0.3 is 29.4 Å². The van der Waals surface area contributed by atoms with Crippen molar-refractivity contribution < 1.29 is 28.6 Å². The van der Waals surface area contributed by atoms with Crippen LogP contribution in [0.15, 0.2) is 30.6 Å². The van der Waals surface area contributed by atoms with E-state index < -0.39 is 30.1 Å². The summed E-state index contributed by atoms with van der Waals surface area (Å²) in [6.45, 7) is 0.411. The van der Waals surface area contributed by atoms with Gasteiger partial charge in [-0.3, -0.25) is 4.79 Å². The molecule has 31 heavy (non-hydrogen) atoms. The third-order valence-corrected chi connectivity index (χ3v) is 5.24.